The molecular formula is C26H31N7OS2. The van der Waals surface area contributed by atoms with Crippen LogP contribution in [0.1, 0.15) is 12.8 Å². The van der Waals surface area contributed by atoms with Gasteiger partial charge in [-0.1, -0.05) is 12.1 Å². The Labute approximate surface area is 218 Å². The van der Waals surface area contributed by atoms with Crippen molar-refractivity contribution in [3.8, 4) is 11.1 Å². The maximum absolute atomic E-state index is 11.6. The number of nitrogens with zero attached hydrogens (tertiary/aromatic N) is 4. The lowest BCUT2D eigenvalue weighted by molar-refractivity contribution is 0.249. The van der Waals surface area contributed by atoms with Crippen LogP contribution < -0.4 is 20.7 Å². The zero-order valence-electron chi connectivity index (χ0n) is 20.7. The van der Waals surface area contributed by atoms with Gasteiger partial charge in [-0.2, -0.15) is 4.98 Å². The fourth-order valence-corrected chi connectivity index (χ4v) is 6.02. The minimum absolute atomic E-state index is 0.447. The van der Waals surface area contributed by atoms with Crippen molar-refractivity contribution >= 4 is 61.4 Å². The van der Waals surface area contributed by atoms with E-state index >= 15 is 0 Å². The maximum Gasteiger partial charge on any atom is 0.229 e. The summed E-state index contributed by atoms with van der Waals surface area (Å²) in [5.41, 5.74) is 12.0. The third kappa shape index (κ3) is 5.30. The molecule has 0 spiro atoms. The van der Waals surface area contributed by atoms with Crippen molar-refractivity contribution in [1.82, 2.24) is 14.9 Å². The topological polar surface area (TPSA) is 99.4 Å². The molecule has 5 rings (SSSR count). The highest BCUT2D eigenvalue weighted by molar-refractivity contribution is 7.85. The van der Waals surface area contributed by atoms with E-state index in [9.17, 15) is 4.21 Å². The highest BCUT2D eigenvalue weighted by Crippen LogP contribution is 2.37. The Bertz CT molecular complexity index is 1380. The van der Waals surface area contributed by atoms with Crippen LogP contribution in [0.5, 0.6) is 0 Å². The molecule has 8 nitrogen and oxygen atoms in total. The first-order valence-corrected chi connectivity index (χ1v) is 14.3. The highest BCUT2D eigenvalue weighted by Gasteiger charge is 2.21. The van der Waals surface area contributed by atoms with Gasteiger partial charge < -0.3 is 25.6 Å². The van der Waals surface area contributed by atoms with Gasteiger partial charge in [0.15, 0.2) is 0 Å². The number of hydrogen-bond donors (Lipinski definition) is 3. The molecule has 2 aromatic carbocycles. The molecule has 188 valence electrons. The van der Waals surface area contributed by atoms with Crippen molar-refractivity contribution in [3.63, 3.8) is 0 Å². The van der Waals surface area contributed by atoms with Gasteiger partial charge in [0.2, 0.25) is 5.95 Å². The molecule has 4 N–H and O–H groups in total. The number of thiophene rings is 1. The number of benzene rings is 2. The lowest BCUT2D eigenvalue weighted by Crippen LogP contribution is -2.41. The maximum atomic E-state index is 11.6. The Kier molecular flexibility index (Phi) is 7.08. The van der Waals surface area contributed by atoms with Gasteiger partial charge >= 0.3 is 0 Å². The van der Waals surface area contributed by atoms with Crippen molar-refractivity contribution in [2.75, 3.05) is 54.1 Å². The molecule has 0 bridgehead atoms. The fourth-order valence-electron chi connectivity index (χ4n) is 4.64. The summed E-state index contributed by atoms with van der Waals surface area (Å²) in [5, 5.41) is 5.36. The molecule has 10 heteroatoms. The van der Waals surface area contributed by atoms with Crippen LogP contribution in [0, 0.1) is 0 Å². The van der Waals surface area contributed by atoms with Crippen molar-refractivity contribution in [2.24, 2.45) is 0 Å². The van der Waals surface area contributed by atoms with Gasteiger partial charge in [0.25, 0.3) is 0 Å². The molecule has 1 atom stereocenters. The lowest BCUT2D eigenvalue weighted by atomic mass is 10.0. The van der Waals surface area contributed by atoms with E-state index in [1.165, 1.54) is 29.9 Å². The average Bonchev–Trinajstić information content (AvgIpc) is 3.29. The van der Waals surface area contributed by atoms with Crippen molar-refractivity contribution in [3.05, 3.63) is 53.9 Å². The molecule has 2 aromatic heterocycles. The Morgan fingerprint density at radius 2 is 1.83 bits per heavy atom. The van der Waals surface area contributed by atoms with Crippen LogP contribution in [-0.2, 0) is 11.0 Å². The molecule has 0 amide bonds. The van der Waals surface area contributed by atoms with Crippen LogP contribution in [-0.4, -0.2) is 58.6 Å². The van der Waals surface area contributed by atoms with Crippen molar-refractivity contribution < 1.29 is 4.21 Å². The number of anilines is 5. The second kappa shape index (κ2) is 10.4. The minimum Gasteiger partial charge on any atom is -0.382 e. The van der Waals surface area contributed by atoms with Crippen LogP contribution in [0.2, 0.25) is 0 Å². The molecule has 36 heavy (non-hydrogen) atoms. The quantitative estimate of drug-likeness (QED) is 0.317. The predicted octanol–water partition coefficient (Wildman–Crippen LogP) is 4.92. The van der Waals surface area contributed by atoms with E-state index in [2.05, 4.69) is 63.2 Å². The molecule has 0 radical (unpaired) electrons. The summed E-state index contributed by atoms with van der Waals surface area (Å²) in [4.78, 5) is 14.1. The number of rotatable bonds is 7. The third-order valence-electron chi connectivity index (χ3n) is 6.56. The van der Waals surface area contributed by atoms with Crippen LogP contribution in [0.25, 0.3) is 21.3 Å². The third-order valence-corrected chi connectivity index (χ3v) is 8.07. The molecular weight excluding hydrogens is 490 g/mol. The van der Waals surface area contributed by atoms with Crippen LogP contribution in [0.4, 0.5) is 28.8 Å². The first-order valence-electron chi connectivity index (χ1n) is 11.9. The van der Waals surface area contributed by atoms with Gasteiger partial charge in [0.05, 0.1) is 10.2 Å². The second-order valence-electron chi connectivity index (χ2n) is 9.25. The summed E-state index contributed by atoms with van der Waals surface area (Å²) in [6.45, 7) is 2.13. The largest absolute Gasteiger partial charge is 0.382 e. The molecule has 1 saturated heterocycles. The monoisotopic (exact) mass is 521 g/mol. The van der Waals surface area contributed by atoms with E-state index in [1.807, 2.05) is 29.6 Å². The summed E-state index contributed by atoms with van der Waals surface area (Å²) >= 11 is 1.52. The summed E-state index contributed by atoms with van der Waals surface area (Å²) in [7, 11) is 3.18. The van der Waals surface area contributed by atoms with Gasteiger partial charge in [-0.15, -0.1) is 11.3 Å². The molecule has 0 aliphatic carbocycles. The van der Waals surface area contributed by atoms with E-state index in [0.717, 1.165) is 45.8 Å². The van der Waals surface area contributed by atoms with Gasteiger partial charge in [0.1, 0.15) is 16.8 Å². The van der Waals surface area contributed by atoms with E-state index in [-0.39, 0.29) is 0 Å². The average molecular weight is 522 g/mol. The Hall–Kier alpha value is -3.21. The van der Waals surface area contributed by atoms with Crippen LogP contribution in [0.15, 0.2) is 53.9 Å². The number of hydrogen-bond acceptors (Lipinski definition) is 8. The molecule has 1 aliphatic heterocycles. The number of nitrogens with one attached hydrogen (secondary N) is 2. The normalized spacial score (nSPS) is 15.4. The summed E-state index contributed by atoms with van der Waals surface area (Å²) in [5.74, 6) is 0.909. The molecule has 1 unspecified atom stereocenters. The highest BCUT2D eigenvalue weighted by atomic mass is 32.2. The molecule has 1 fully saturated rings. The molecule has 0 saturated carbocycles. The first-order chi connectivity index (χ1) is 17.4. The number of nitrogens with two attached hydrogens (primary N) is 1. The number of aromatic nitrogens is 2. The predicted molar refractivity (Wildman–Crippen MR) is 154 cm³/mol. The Balaban J connectivity index is 1.36. The van der Waals surface area contributed by atoms with Crippen molar-refractivity contribution in [2.45, 2.75) is 18.9 Å². The summed E-state index contributed by atoms with van der Waals surface area (Å²) in [6, 6.07) is 16.9. The number of nitrogen functional groups attached to an aromatic ring is 1. The smallest absolute Gasteiger partial charge is 0.229 e. The van der Waals surface area contributed by atoms with Gasteiger partial charge in [0, 0.05) is 53.4 Å². The zero-order valence-corrected chi connectivity index (χ0v) is 22.3. The van der Waals surface area contributed by atoms with E-state index in [0.29, 0.717) is 17.8 Å². The summed E-state index contributed by atoms with van der Waals surface area (Å²) < 4.78 is 15.4. The van der Waals surface area contributed by atoms with Gasteiger partial charge in [-0.3, -0.25) is 0 Å². The zero-order chi connectivity index (χ0) is 25.2. The van der Waals surface area contributed by atoms with Crippen molar-refractivity contribution in [1.29, 1.82) is 0 Å². The summed E-state index contributed by atoms with van der Waals surface area (Å²) in [6.07, 6.45) is 3.97. The van der Waals surface area contributed by atoms with Crippen LogP contribution >= 0.6 is 11.3 Å². The van der Waals surface area contributed by atoms with E-state index < -0.39 is 11.0 Å². The second-order valence-corrected chi connectivity index (χ2v) is 11.2. The Morgan fingerprint density at radius 1 is 1.08 bits per heavy atom. The molecule has 3 heterocycles. The Morgan fingerprint density at radius 3 is 2.53 bits per heavy atom. The number of fused-ring (bicyclic) bond motifs is 1. The SMILES string of the molecule is CN(C)C1CCN(c2ccc(Nc3nc(N)c4scc(-c5cccc(NS(C)=O)c5)c4n3)cc2)CC1. The van der Waals surface area contributed by atoms with Gasteiger partial charge in [-0.25, -0.2) is 9.19 Å². The molecule has 1 aliphatic rings. The standard InChI is InChI=1S/C26H31N7OS2/c1-32(2)20-11-13-33(14-12-20)21-9-7-18(8-10-21)28-26-29-23-22(16-35-24(23)25(27)30-26)17-5-4-6-19(15-17)31-36(3)34/h4-10,15-16,20,31H,11-14H2,1-3H3,(H3,27,28,29,30). The van der Waals surface area contributed by atoms with Gasteiger partial charge in [-0.05, 0) is 68.9 Å². The van der Waals surface area contributed by atoms with Crippen LogP contribution in [0.3, 0.4) is 0 Å². The lowest BCUT2D eigenvalue weighted by Gasteiger charge is -2.36. The first kappa shape index (κ1) is 24.5. The fraction of sp³-hybridized carbons (Fsp3) is 0.308. The molecule has 4 aromatic rings. The number of piperidine rings is 1. The minimum atomic E-state index is -1.14. The van der Waals surface area contributed by atoms with E-state index in [1.54, 1.807) is 6.26 Å². The van der Waals surface area contributed by atoms with E-state index in [4.69, 9.17) is 10.7 Å².